The molecule has 1 aromatic rings. The highest BCUT2D eigenvalue weighted by atomic mass is 16.2. The average molecular weight is 317 g/mol. The van der Waals surface area contributed by atoms with Crippen LogP contribution in [-0.2, 0) is 11.3 Å². The van der Waals surface area contributed by atoms with Gasteiger partial charge in [-0.05, 0) is 37.7 Å². The number of hydrogen-bond donors (Lipinski definition) is 1. The van der Waals surface area contributed by atoms with E-state index in [2.05, 4.69) is 48.0 Å². The number of benzene rings is 1. The highest BCUT2D eigenvalue weighted by molar-refractivity contribution is 5.79. The zero-order chi connectivity index (χ0) is 16.7. The minimum absolute atomic E-state index is 0.108. The lowest BCUT2D eigenvalue weighted by Crippen LogP contribution is -2.51. The van der Waals surface area contributed by atoms with Gasteiger partial charge in [0.15, 0.2) is 0 Å². The molecule has 0 aromatic heterocycles. The highest BCUT2D eigenvalue weighted by Gasteiger charge is 2.31. The van der Waals surface area contributed by atoms with E-state index in [4.69, 9.17) is 0 Å². The van der Waals surface area contributed by atoms with Gasteiger partial charge in [-0.15, -0.1) is 0 Å². The maximum Gasteiger partial charge on any atom is 0.226 e. The minimum Gasteiger partial charge on any atom is -0.337 e. The van der Waals surface area contributed by atoms with Gasteiger partial charge in [0.05, 0.1) is 0 Å². The first-order valence-corrected chi connectivity index (χ1v) is 8.91. The summed E-state index contributed by atoms with van der Waals surface area (Å²) in [5.74, 6) is 0.901. The second kappa shape index (κ2) is 9.04. The van der Waals surface area contributed by atoms with E-state index in [9.17, 15) is 4.79 Å². The molecule has 0 spiro atoms. The van der Waals surface area contributed by atoms with Crippen molar-refractivity contribution in [3.8, 4) is 0 Å². The zero-order valence-corrected chi connectivity index (χ0v) is 14.8. The summed E-state index contributed by atoms with van der Waals surface area (Å²) in [6.07, 6.45) is 0. The van der Waals surface area contributed by atoms with Crippen LogP contribution in [0.1, 0.15) is 26.3 Å². The molecule has 1 heterocycles. The fourth-order valence-electron chi connectivity index (χ4n) is 3.03. The van der Waals surface area contributed by atoms with Gasteiger partial charge >= 0.3 is 0 Å². The smallest absolute Gasteiger partial charge is 0.226 e. The molecule has 0 bridgehead atoms. The molecule has 4 nitrogen and oxygen atoms in total. The number of likely N-dealkylation sites (N-methyl/N-ethyl adjacent to an activating group) is 1. The second-order valence-corrected chi connectivity index (χ2v) is 6.48. The summed E-state index contributed by atoms with van der Waals surface area (Å²) in [6.45, 7) is 12.9. The molecule has 1 aliphatic heterocycles. The molecular weight excluding hydrogens is 286 g/mol. The van der Waals surface area contributed by atoms with Crippen LogP contribution >= 0.6 is 0 Å². The Morgan fingerprint density at radius 1 is 1.17 bits per heavy atom. The van der Waals surface area contributed by atoms with Gasteiger partial charge in [0, 0.05) is 25.6 Å². The van der Waals surface area contributed by atoms with E-state index in [0.717, 1.165) is 39.3 Å². The molecule has 1 saturated heterocycles. The van der Waals surface area contributed by atoms with Gasteiger partial charge in [0.25, 0.3) is 0 Å². The van der Waals surface area contributed by atoms with Crippen LogP contribution in [0.2, 0.25) is 0 Å². The normalized spacial score (nSPS) is 16.2. The van der Waals surface area contributed by atoms with Crippen LogP contribution in [0.5, 0.6) is 0 Å². The fourth-order valence-corrected chi connectivity index (χ4v) is 3.03. The topological polar surface area (TPSA) is 35.6 Å². The minimum atomic E-state index is 0.108. The summed E-state index contributed by atoms with van der Waals surface area (Å²) in [5, 5.41) is 3.28. The Kier molecular flexibility index (Phi) is 7.06. The summed E-state index contributed by atoms with van der Waals surface area (Å²) in [5.41, 5.74) is 1.21. The van der Waals surface area contributed by atoms with Crippen molar-refractivity contribution >= 4 is 5.91 Å². The summed E-state index contributed by atoms with van der Waals surface area (Å²) in [7, 11) is 0. The Balaban J connectivity index is 2.01. The van der Waals surface area contributed by atoms with E-state index < -0.39 is 0 Å². The number of carbonyl (C=O) groups excluding carboxylic acids is 1. The lowest BCUT2D eigenvalue weighted by atomic mass is 9.88. The number of nitrogens with one attached hydrogen (secondary N) is 1. The average Bonchev–Trinajstić information content (AvgIpc) is 2.53. The third-order valence-electron chi connectivity index (χ3n) is 5.02. The summed E-state index contributed by atoms with van der Waals surface area (Å²) < 4.78 is 0. The van der Waals surface area contributed by atoms with Crippen LogP contribution in [-0.4, -0.2) is 55.0 Å². The maximum absolute atomic E-state index is 13.0. The van der Waals surface area contributed by atoms with Crippen LogP contribution in [0, 0.1) is 11.8 Å². The first kappa shape index (κ1) is 18.0. The first-order valence-electron chi connectivity index (χ1n) is 8.91. The first-order chi connectivity index (χ1) is 11.2. The summed E-state index contributed by atoms with van der Waals surface area (Å²) in [4.78, 5) is 17.4. The molecule has 1 fully saturated rings. The molecule has 1 aliphatic rings. The van der Waals surface area contributed by atoms with E-state index in [0.29, 0.717) is 18.4 Å². The predicted molar refractivity (Wildman–Crippen MR) is 95.2 cm³/mol. The van der Waals surface area contributed by atoms with E-state index in [-0.39, 0.29) is 5.92 Å². The number of carbonyl (C=O) groups is 1. The van der Waals surface area contributed by atoms with Crippen molar-refractivity contribution in [3.05, 3.63) is 35.9 Å². The van der Waals surface area contributed by atoms with Crippen molar-refractivity contribution < 1.29 is 4.79 Å². The molecule has 128 valence electrons. The zero-order valence-electron chi connectivity index (χ0n) is 14.8. The van der Waals surface area contributed by atoms with Crippen molar-refractivity contribution in [2.45, 2.75) is 27.3 Å². The summed E-state index contributed by atoms with van der Waals surface area (Å²) >= 11 is 0. The van der Waals surface area contributed by atoms with Crippen molar-refractivity contribution in [3.63, 3.8) is 0 Å². The number of hydrogen-bond acceptors (Lipinski definition) is 3. The van der Waals surface area contributed by atoms with Crippen LogP contribution in [0.3, 0.4) is 0 Å². The molecule has 0 saturated carbocycles. The molecule has 1 amide bonds. The summed E-state index contributed by atoms with van der Waals surface area (Å²) in [6, 6.07) is 10.3. The molecule has 23 heavy (non-hydrogen) atoms. The number of rotatable bonds is 9. The van der Waals surface area contributed by atoms with Crippen LogP contribution in [0.15, 0.2) is 30.3 Å². The Morgan fingerprint density at radius 2 is 1.83 bits per heavy atom. The molecule has 1 N–H and O–H groups in total. The Morgan fingerprint density at radius 3 is 2.35 bits per heavy atom. The van der Waals surface area contributed by atoms with Gasteiger partial charge in [0.2, 0.25) is 5.91 Å². The Labute approximate surface area is 140 Å². The van der Waals surface area contributed by atoms with Crippen molar-refractivity contribution in [2.24, 2.45) is 11.8 Å². The Bertz CT molecular complexity index is 469. The predicted octanol–water partition coefficient (Wildman–Crippen LogP) is 2.21. The largest absolute Gasteiger partial charge is 0.337 e. The van der Waals surface area contributed by atoms with Gasteiger partial charge < -0.3 is 15.1 Å². The molecule has 1 atom stereocenters. The van der Waals surface area contributed by atoms with Gasteiger partial charge in [-0.2, -0.15) is 0 Å². The molecule has 2 rings (SSSR count). The number of amides is 1. The quantitative estimate of drug-likeness (QED) is 0.758. The van der Waals surface area contributed by atoms with Crippen molar-refractivity contribution in [1.29, 1.82) is 0 Å². The highest BCUT2D eigenvalue weighted by Crippen LogP contribution is 2.19. The maximum atomic E-state index is 13.0. The van der Waals surface area contributed by atoms with Gasteiger partial charge in [-0.1, -0.05) is 51.1 Å². The second-order valence-electron chi connectivity index (χ2n) is 6.48. The fraction of sp³-hybridized carbons (Fsp3) is 0.632. The van der Waals surface area contributed by atoms with Crippen molar-refractivity contribution in [2.75, 3.05) is 39.3 Å². The number of nitrogens with zero attached hydrogens (tertiary/aromatic N) is 2. The van der Waals surface area contributed by atoms with Crippen LogP contribution < -0.4 is 5.32 Å². The third-order valence-corrected chi connectivity index (χ3v) is 5.02. The molecule has 1 unspecified atom stereocenters. The molecule has 4 heteroatoms. The third kappa shape index (κ3) is 5.05. The van der Waals surface area contributed by atoms with E-state index in [1.54, 1.807) is 0 Å². The molecule has 0 radical (unpaired) electrons. The standard InChI is InChI=1S/C19H31N3O/c1-4-21(5-2)11-12-22(15-17-9-7-6-8-10-17)19(23)16(3)18-13-20-14-18/h6-10,16,18,20H,4-5,11-15H2,1-3H3. The van der Waals surface area contributed by atoms with Crippen LogP contribution in [0.25, 0.3) is 0 Å². The van der Waals surface area contributed by atoms with E-state index in [1.807, 2.05) is 18.2 Å². The van der Waals surface area contributed by atoms with Crippen molar-refractivity contribution in [1.82, 2.24) is 15.1 Å². The van der Waals surface area contributed by atoms with E-state index >= 15 is 0 Å². The SMILES string of the molecule is CCN(CC)CCN(Cc1ccccc1)C(=O)C(C)C1CNC1. The lowest BCUT2D eigenvalue weighted by Gasteiger charge is -2.35. The van der Waals surface area contributed by atoms with E-state index in [1.165, 1.54) is 5.56 Å². The lowest BCUT2D eigenvalue weighted by molar-refractivity contribution is -0.138. The molecule has 1 aromatic carbocycles. The molecule has 0 aliphatic carbocycles. The Hall–Kier alpha value is -1.39. The van der Waals surface area contributed by atoms with Crippen LogP contribution in [0.4, 0.5) is 0 Å². The van der Waals surface area contributed by atoms with Gasteiger partial charge in [0.1, 0.15) is 0 Å². The molecular formula is C19H31N3O. The van der Waals surface area contributed by atoms with Gasteiger partial charge in [-0.3, -0.25) is 4.79 Å². The van der Waals surface area contributed by atoms with Gasteiger partial charge in [-0.25, -0.2) is 0 Å². The monoisotopic (exact) mass is 317 g/mol.